The first-order valence-corrected chi connectivity index (χ1v) is 4.59. The number of anilines is 1. The second-order valence-corrected chi connectivity index (χ2v) is 3.33. The number of nitro groups is 1. The van der Waals surface area contributed by atoms with E-state index in [0.29, 0.717) is 10.2 Å². The van der Waals surface area contributed by atoms with E-state index in [0.717, 1.165) is 0 Å². The molecule has 0 spiro atoms. The van der Waals surface area contributed by atoms with E-state index in [-0.39, 0.29) is 11.4 Å². The molecule has 0 atom stereocenters. The second-order valence-electron chi connectivity index (χ2n) is 2.48. The highest BCUT2D eigenvalue weighted by molar-refractivity contribution is 9.10. The van der Waals surface area contributed by atoms with Crippen molar-refractivity contribution in [3.8, 4) is 5.75 Å². The van der Waals surface area contributed by atoms with Crippen LogP contribution in [-0.4, -0.2) is 19.1 Å². The fourth-order valence-corrected chi connectivity index (χ4v) is 1.65. The van der Waals surface area contributed by atoms with Crippen molar-refractivity contribution in [3.05, 3.63) is 26.7 Å². The van der Waals surface area contributed by atoms with E-state index in [1.165, 1.54) is 7.11 Å². The maximum atomic E-state index is 10.8. The molecule has 0 radical (unpaired) electrons. The smallest absolute Gasteiger partial charge is 0.334 e. The van der Waals surface area contributed by atoms with Gasteiger partial charge in [-0.2, -0.15) is 0 Å². The van der Waals surface area contributed by atoms with Gasteiger partial charge in [-0.15, -0.1) is 0 Å². The molecule has 1 aromatic rings. The monoisotopic (exact) mass is 260 g/mol. The molecule has 0 heterocycles. The normalized spacial score (nSPS) is 9.64. The third-order valence-corrected chi connectivity index (χ3v) is 2.40. The molecule has 1 N–H and O–H groups in total. The minimum atomic E-state index is -0.477. The minimum absolute atomic E-state index is 0.0654. The van der Waals surface area contributed by atoms with Crippen LogP contribution in [0.4, 0.5) is 11.4 Å². The van der Waals surface area contributed by atoms with Crippen molar-refractivity contribution >= 4 is 27.3 Å². The average Bonchev–Trinajstić information content (AvgIpc) is 2.17. The van der Waals surface area contributed by atoms with Crippen LogP contribution in [-0.2, 0) is 0 Å². The van der Waals surface area contributed by atoms with Crippen molar-refractivity contribution < 1.29 is 9.66 Å². The molecule has 0 aliphatic rings. The van der Waals surface area contributed by atoms with Crippen LogP contribution >= 0.6 is 15.9 Å². The number of ether oxygens (including phenoxy) is 1. The summed E-state index contributed by atoms with van der Waals surface area (Å²) in [6, 6.07) is 3.24. The van der Waals surface area contributed by atoms with Gasteiger partial charge >= 0.3 is 5.69 Å². The van der Waals surface area contributed by atoms with E-state index in [1.807, 2.05) is 0 Å². The van der Waals surface area contributed by atoms with Crippen LogP contribution in [0.1, 0.15) is 0 Å². The molecular weight excluding hydrogens is 252 g/mol. The largest absolute Gasteiger partial charge is 0.490 e. The third kappa shape index (κ3) is 1.79. The van der Waals surface area contributed by atoms with Crippen LogP contribution in [0.5, 0.6) is 5.75 Å². The zero-order valence-electron chi connectivity index (χ0n) is 7.70. The van der Waals surface area contributed by atoms with Gasteiger partial charge in [0.1, 0.15) is 5.69 Å². The Hall–Kier alpha value is -1.30. The summed E-state index contributed by atoms with van der Waals surface area (Å²) in [5, 5.41) is 13.5. The summed E-state index contributed by atoms with van der Waals surface area (Å²) in [6.07, 6.45) is 0. The van der Waals surface area contributed by atoms with Crippen LogP contribution in [0, 0.1) is 10.1 Å². The molecule has 6 heteroatoms. The molecule has 0 saturated carbocycles. The summed E-state index contributed by atoms with van der Waals surface area (Å²) in [5.74, 6) is 0.238. The number of halogens is 1. The summed E-state index contributed by atoms with van der Waals surface area (Å²) in [5.41, 5.74) is 0.346. The molecule has 0 bridgehead atoms. The van der Waals surface area contributed by atoms with Gasteiger partial charge in [-0.3, -0.25) is 10.1 Å². The molecule has 0 aliphatic carbocycles. The molecule has 76 valence electrons. The van der Waals surface area contributed by atoms with E-state index in [4.69, 9.17) is 4.74 Å². The number of hydrogen-bond donors (Lipinski definition) is 1. The number of methoxy groups -OCH3 is 1. The van der Waals surface area contributed by atoms with Crippen molar-refractivity contribution in [2.24, 2.45) is 0 Å². The number of rotatable bonds is 3. The number of nitrogens with zero attached hydrogens (tertiary/aromatic N) is 1. The second kappa shape index (κ2) is 4.28. The maximum absolute atomic E-state index is 10.8. The predicted octanol–water partition coefficient (Wildman–Crippen LogP) is 2.41. The Morgan fingerprint density at radius 1 is 1.57 bits per heavy atom. The highest BCUT2D eigenvalue weighted by atomic mass is 79.9. The number of hydrogen-bond acceptors (Lipinski definition) is 4. The lowest BCUT2D eigenvalue weighted by Gasteiger charge is -2.07. The van der Waals surface area contributed by atoms with E-state index in [9.17, 15) is 10.1 Å². The third-order valence-electron chi connectivity index (χ3n) is 1.74. The average molecular weight is 261 g/mol. The molecule has 0 fully saturated rings. The van der Waals surface area contributed by atoms with Crippen molar-refractivity contribution in [3.63, 3.8) is 0 Å². The van der Waals surface area contributed by atoms with E-state index >= 15 is 0 Å². The lowest BCUT2D eigenvalue weighted by atomic mass is 10.2. The van der Waals surface area contributed by atoms with Gasteiger partial charge in [0.25, 0.3) is 0 Å². The van der Waals surface area contributed by atoms with Crippen molar-refractivity contribution in [2.45, 2.75) is 0 Å². The van der Waals surface area contributed by atoms with Crippen LogP contribution in [0.25, 0.3) is 0 Å². The van der Waals surface area contributed by atoms with Crippen molar-refractivity contribution in [1.29, 1.82) is 0 Å². The molecule has 0 aliphatic heterocycles. The molecule has 1 rings (SSSR count). The Kier molecular flexibility index (Phi) is 3.29. The van der Waals surface area contributed by atoms with Gasteiger partial charge in [-0.1, -0.05) is 0 Å². The molecule has 0 saturated heterocycles. The first kappa shape index (κ1) is 10.8. The Balaban J connectivity index is 3.43. The molecular formula is C8H9BrN2O3. The molecule has 0 amide bonds. The van der Waals surface area contributed by atoms with E-state index in [1.54, 1.807) is 19.2 Å². The fourth-order valence-electron chi connectivity index (χ4n) is 1.13. The van der Waals surface area contributed by atoms with E-state index < -0.39 is 4.92 Å². The SMILES string of the molecule is CNc1c(Br)ccc(OC)c1[N+](=O)[O-]. The summed E-state index contributed by atoms with van der Waals surface area (Å²) in [6.45, 7) is 0. The fraction of sp³-hybridized carbons (Fsp3) is 0.250. The Morgan fingerprint density at radius 2 is 2.21 bits per heavy atom. The minimum Gasteiger partial charge on any atom is -0.490 e. The predicted molar refractivity (Wildman–Crippen MR) is 56.9 cm³/mol. The summed E-state index contributed by atoms with van der Waals surface area (Å²) >= 11 is 3.22. The number of nitrogens with one attached hydrogen (secondary N) is 1. The van der Waals surface area contributed by atoms with Gasteiger partial charge in [-0.25, -0.2) is 0 Å². The standard InChI is InChI=1S/C8H9BrN2O3/c1-10-7-5(9)3-4-6(14-2)8(7)11(12)13/h3-4,10H,1-2H3. The summed E-state index contributed by atoms with van der Waals surface area (Å²) in [4.78, 5) is 10.3. The van der Waals surface area contributed by atoms with Crippen LogP contribution in [0.2, 0.25) is 0 Å². The van der Waals surface area contributed by atoms with Gasteiger partial charge in [0, 0.05) is 11.5 Å². The van der Waals surface area contributed by atoms with Gasteiger partial charge in [0.2, 0.25) is 0 Å². The maximum Gasteiger partial charge on any atom is 0.334 e. The summed E-state index contributed by atoms with van der Waals surface area (Å²) < 4.78 is 5.53. The lowest BCUT2D eigenvalue weighted by molar-refractivity contribution is -0.384. The number of benzene rings is 1. The Labute approximate surface area is 89.3 Å². The van der Waals surface area contributed by atoms with Crippen molar-refractivity contribution in [1.82, 2.24) is 0 Å². The highest BCUT2D eigenvalue weighted by Gasteiger charge is 2.22. The topological polar surface area (TPSA) is 64.4 Å². The van der Waals surface area contributed by atoms with Gasteiger partial charge in [0.05, 0.1) is 12.0 Å². The zero-order chi connectivity index (χ0) is 10.7. The summed E-state index contributed by atoms with van der Waals surface area (Å²) in [7, 11) is 3.02. The quantitative estimate of drug-likeness (QED) is 0.670. The van der Waals surface area contributed by atoms with Gasteiger partial charge in [-0.05, 0) is 28.1 Å². The molecule has 0 unspecified atom stereocenters. The molecule has 0 aromatic heterocycles. The lowest BCUT2D eigenvalue weighted by Crippen LogP contribution is -2.00. The number of nitro benzene ring substituents is 1. The van der Waals surface area contributed by atoms with Crippen LogP contribution in [0.3, 0.4) is 0 Å². The van der Waals surface area contributed by atoms with Crippen LogP contribution < -0.4 is 10.1 Å². The molecule has 14 heavy (non-hydrogen) atoms. The first-order valence-electron chi connectivity index (χ1n) is 3.80. The van der Waals surface area contributed by atoms with E-state index in [2.05, 4.69) is 21.2 Å². The first-order chi connectivity index (χ1) is 6.61. The van der Waals surface area contributed by atoms with Gasteiger partial charge < -0.3 is 10.1 Å². The Bertz CT molecular complexity index is 368. The van der Waals surface area contributed by atoms with Crippen LogP contribution in [0.15, 0.2) is 16.6 Å². The highest BCUT2D eigenvalue weighted by Crippen LogP contribution is 2.39. The Morgan fingerprint density at radius 3 is 2.64 bits per heavy atom. The molecule has 1 aromatic carbocycles. The van der Waals surface area contributed by atoms with Crippen molar-refractivity contribution in [2.75, 3.05) is 19.5 Å². The zero-order valence-corrected chi connectivity index (χ0v) is 9.29. The molecule has 5 nitrogen and oxygen atoms in total. The van der Waals surface area contributed by atoms with Gasteiger partial charge in [0.15, 0.2) is 5.75 Å².